The molecule has 2 aromatic heterocycles. The van der Waals surface area contributed by atoms with Gasteiger partial charge in [0.05, 0.1) is 17.6 Å². The summed E-state index contributed by atoms with van der Waals surface area (Å²) in [6.07, 6.45) is 6.73. The first-order chi connectivity index (χ1) is 16.7. The Labute approximate surface area is 204 Å². The topological polar surface area (TPSA) is 69.5 Å². The molecule has 7 nitrogen and oxygen atoms in total. The van der Waals surface area contributed by atoms with E-state index in [0.717, 1.165) is 16.9 Å². The van der Waals surface area contributed by atoms with E-state index in [1.807, 2.05) is 49.8 Å². The number of benzene rings is 1. The zero-order valence-electron chi connectivity index (χ0n) is 20.2. The normalized spacial score (nSPS) is 19.4. The van der Waals surface area contributed by atoms with Crippen molar-refractivity contribution in [3.05, 3.63) is 77.5 Å². The molecule has 182 valence electrons. The number of halogens is 1. The van der Waals surface area contributed by atoms with Crippen molar-refractivity contribution in [2.75, 3.05) is 19.7 Å². The van der Waals surface area contributed by atoms with E-state index < -0.39 is 11.0 Å². The highest BCUT2D eigenvalue weighted by molar-refractivity contribution is 5.70. The van der Waals surface area contributed by atoms with E-state index in [-0.39, 0.29) is 11.9 Å². The summed E-state index contributed by atoms with van der Waals surface area (Å²) in [6.45, 7) is 7.02. The quantitative estimate of drug-likeness (QED) is 0.527. The van der Waals surface area contributed by atoms with Crippen LogP contribution in [0.4, 0.5) is 9.18 Å². The summed E-state index contributed by atoms with van der Waals surface area (Å²) in [6, 6.07) is 11.9. The van der Waals surface area contributed by atoms with Crippen LogP contribution in [0.3, 0.4) is 0 Å². The van der Waals surface area contributed by atoms with E-state index in [1.165, 1.54) is 17.7 Å². The van der Waals surface area contributed by atoms with Crippen LogP contribution in [-0.2, 0) is 11.2 Å². The number of pyridine rings is 1. The molecule has 0 saturated carbocycles. The maximum Gasteiger partial charge on any atom is 0.410 e. The van der Waals surface area contributed by atoms with Gasteiger partial charge in [-0.25, -0.2) is 18.9 Å². The van der Waals surface area contributed by atoms with Crippen molar-refractivity contribution in [1.82, 2.24) is 19.7 Å². The van der Waals surface area contributed by atoms with Crippen LogP contribution >= 0.6 is 0 Å². The van der Waals surface area contributed by atoms with Crippen molar-refractivity contribution < 1.29 is 18.7 Å². The summed E-state index contributed by atoms with van der Waals surface area (Å²) in [5.74, 6) is 0.261. The van der Waals surface area contributed by atoms with Crippen LogP contribution in [0.1, 0.15) is 38.4 Å². The molecule has 8 heteroatoms. The SMILES string of the molecule is CC(C)(C)OC(=O)N1CCC2=Cc3c(cnn3-c3ccc(F)cc3)C[C@]2(COc2ccccn2)C1. The van der Waals surface area contributed by atoms with E-state index in [4.69, 9.17) is 9.47 Å². The van der Waals surface area contributed by atoms with Gasteiger partial charge in [-0.1, -0.05) is 11.6 Å². The molecule has 0 radical (unpaired) electrons. The smallest absolute Gasteiger partial charge is 0.410 e. The number of carbonyl (C=O) groups is 1. The van der Waals surface area contributed by atoms with Crippen LogP contribution in [0.2, 0.25) is 0 Å². The minimum atomic E-state index is -0.569. The zero-order chi connectivity index (χ0) is 24.6. The van der Waals surface area contributed by atoms with Crippen molar-refractivity contribution in [1.29, 1.82) is 0 Å². The van der Waals surface area contributed by atoms with Crippen molar-refractivity contribution >= 4 is 12.2 Å². The molecular weight excluding hydrogens is 447 g/mol. The van der Waals surface area contributed by atoms with Gasteiger partial charge in [0.15, 0.2) is 0 Å². The number of aromatic nitrogens is 3. The average molecular weight is 477 g/mol. The minimum Gasteiger partial charge on any atom is -0.477 e. The number of hydrogen-bond donors (Lipinski definition) is 0. The summed E-state index contributed by atoms with van der Waals surface area (Å²) in [5.41, 5.74) is 3.02. The van der Waals surface area contributed by atoms with Crippen LogP contribution in [0.5, 0.6) is 5.88 Å². The molecule has 1 saturated heterocycles. The van der Waals surface area contributed by atoms with Crippen molar-refractivity contribution in [2.45, 2.75) is 39.2 Å². The molecule has 5 rings (SSSR count). The molecule has 1 atom stereocenters. The van der Waals surface area contributed by atoms with Crippen molar-refractivity contribution in [2.24, 2.45) is 5.41 Å². The van der Waals surface area contributed by atoms with Crippen LogP contribution in [0.15, 0.2) is 60.4 Å². The lowest BCUT2D eigenvalue weighted by Gasteiger charge is -2.46. The van der Waals surface area contributed by atoms with Crippen LogP contribution in [0.25, 0.3) is 11.8 Å². The number of carbonyl (C=O) groups excluding carboxylic acids is 1. The molecule has 2 aliphatic rings. The molecule has 3 aromatic rings. The number of rotatable bonds is 4. The van der Waals surface area contributed by atoms with Gasteiger partial charge >= 0.3 is 6.09 Å². The third kappa shape index (κ3) is 4.78. The van der Waals surface area contributed by atoms with Gasteiger partial charge in [0, 0.05) is 30.8 Å². The van der Waals surface area contributed by atoms with Gasteiger partial charge in [-0.05, 0) is 75.6 Å². The summed E-state index contributed by atoms with van der Waals surface area (Å²) < 4.78 is 27.1. The first-order valence-corrected chi connectivity index (χ1v) is 11.8. The lowest BCUT2D eigenvalue weighted by Crippen LogP contribution is -2.53. The summed E-state index contributed by atoms with van der Waals surface area (Å²) in [4.78, 5) is 19.0. The molecule has 1 fully saturated rings. The standard InChI is InChI=1S/C27H29FN4O3/c1-26(2,3)35-25(33)31-13-11-20-14-23-19(16-30-32(23)22-9-7-21(28)8-10-22)15-27(20,17-31)18-34-24-6-4-5-12-29-24/h4-10,12,14,16H,11,13,15,17-18H2,1-3H3/t27-/m1/s1. The maximum atomic E-state index is 13.5. The summed E-state index contributed by atoms with van der Waals surface area (Å²) in [5, 5.41) is 4.60. The van der Waals surface area contributed by atoms with Gasteiger partial charge in [0.25, 0.3) is 0 Å². The van der Waals surface area contributed by atoms with Crippen molar-refractivity contribution in [3.63, 3.8) is 0 Å². The van der Waals surface area contributed by atoms with E-state index in [2.05, 4.69) is 16.2 Å². The molecule has 3 heterocycles. The lowest BCUT2D eigenvalue weighted by molar-refractivity contribution is 0.00723. The molecule has 0 N–H and O–H groups in total. The largest absolute Gasteiger partial charge is 0.477 e. The van der Waals surface area contributed by atoms with E-state index >= 15 is 0 Å². The van der Waals surface area contributed by atoms with Gasteiger partial charge in [-0.2, -0.15) is 5.10 Å². The molecule has 1 aromatic carbocycles. The molecule has 1 aliphatic heterocycles. The number of piperidine rings is 1. The van der Waals surface area contributed by atoms with Crippen LogP contribution in [0, 0.1) is 11.2 Å². The molecule has 0 bridgehead atoms. The fraction of sp³-hybridized carbons (Fsp3) is 0.370. The minimum absolute atomic E-state index is 0.284. The summed E-state index contributed by atoms with van der Waals surface area (Å²) in [7, 11) is 0. The van der Waals surface area contributed by atoms with Crippen LogP contribution < -0.4 is 4.74 Å². The average Bonchev–Trinajstić information content (AvgIpc) is 3.23. The van der Waals surface area contributed by atoms with Crippen molar-refractivity contribution in [3.8, 4) is 11.6 Å². The van der Waals surface area contributed by atoms with Gasteiger partial charge in [-0.3, -0.25) is 0 Å². The van der Waals surface area contributed by atoms with Gasteiger partial charge in [0.2, 0.25) is 5.88 Å². The Morgan fingerprint density at radius 1 is 1.17 bits per heavy atom. The van der Waals surface area contributed by atoms with Crippen LogP contribution in [-0.4, -0.2) is 51.1 Å². The third-order valence-corrected chi connectivity index (χ3v) is 6.41. The number of ether oxygens (including phenoxy) is 2. The van der Waals surface area contributed by atoms with E-state index in [1.54, 1.807) is 23.2 Å². The molecule has 35 heavy (non-hydrogen) atoms. The first-order valence-electron chi connectivity index (χ1n) is 11.8. The summed E-state index contributed by atoms with van der Waals surface area (Å²) >= 11 is 0. The Morgan fingerprint density at radius 3 is 2.69 bits per heavy atom. The second kappa shape index (κ2) is 8.83. The molecule has 0 spiro atoms. The van der Waals surface area contributed by atoms with Gasteiger partial charge in [-0.15, -0.1) is 0 Å². The van der Waals surface area contributed by atoms with E-state index in [0.29, 0.717) is 38.4 Å². The Morgan fingerprint density at radius 2 is 1.97 bits per heavy atom. The number of likely N-dealkylation sites (tertiary alicyclic amines) is 1. The molecule has 0 unspecified atom stereocenters. The molecule has 1 aliphatic carbocycles. The molecular formula is C27H29FN4O3. The predicted octanol–water partition coefficient (Wildman–Crippen LogP) is 5.05. The maximum absolute atomic E-state index is 13.5. The zero-order valence-corrected chi connectivity index (χ0v) is 20.2. The number of hydrogen-bond acceptors (Lipinski definition) is 5. The molecule has 1 amide bonds. The Hall–Kier alpha value is -3.68. The second-order valence-corrected chi connectivity index (χ2v) is 10.2. The Bertz CT molecular complexity index is 1250. The first kappa shape index (κ1) is 23.1. The Kier molecular flexibility index (Phi) is 5.83. The second-order valence-electron chi connectivity index (χ2n) is 10.2. The lowest BCUT2D eigenvalue weighted by atomic mass is 9.69. The fourth-order valence-electron chi connectivity index (χ4n) is 4.78. The number of nitrogens with zero attached hydrogens (tertiary/aromatic N) is 4. The highest BCUT2D eigenvalue weighted by Crippen LogP contribution is 2.44. The van der Waals surface area contributed by atoms with E-state index in [9.17, 15) is 9.18 Å². The predicted molar refractivity (Wildman–Crippen MR) is 130 cm³/mol. The monoisotopic (exact) mass is 476 g/mol. The van der Waals surface area contributed by atoms with Gasteiger partial charge in [0.1, 0.15) is 18.0 Å². The Balaban J connectivity index is 1.48. The third-order valence-electron chi connectivity index (χ3n) is 6.41. The number of fused-ring (bicyclic) bond motifs is 2. The number of amides is 1. The highest BCUT2D eigenvalue weighted by atomic mass is 19.1. The van der Waals surface area contributed by atoms with Gasteiger partial charge < -0.3 is 14.4 Å². The highest BCUT2D eigenvalue weighted by Gasteiger charge is 2.45. The fourth-order valence-corrected chi connectivity index (χ4v) is 4.78.